The molecule has 3 heterocycles. The maximum Gasteiger partial charge on any atom is 0.123 e. The molecule has 0 amide bonds. The van der Waals surface area contributed by atoms with E-state index in [2.05, 4.69) is 58.3 Å². The molecular weight excluding hydrogens is 322 g/mol. The van der Waals surface area contributed by atoms with Crippen LogP contribution in [0.5, 0.6) is 5.75 Å². The van der Waals surface area contributed by atoms with Gasteiger partial charge in [-0.3, -0.25) is 4.90 Å². The summed E-state index contributed by atoms with van der Waals surface area (Å²) >= 11 is 0. The van der Waals surface area contributed by atoms with Crippen LogP contribution in [0.4, 0.5) is 5.69 Å². The average Bonchev–Trinajstić information content (AvgIpc) is 2.60. The number of hydrogen-bond acceptors (Lipinski definition) is 4. The first-order valence-electron chi connectivity index (χ1n) is 9.83. The van der Waals surface area contributed by atoms with Crippen molar-refractivity contribution in [2.24, 2.45) is 5.73 Å². The maximum atomic E-state index is 6.18. The number of nitrogens with zero attached hydrogens (tertiary/aromatic N) is 2. The molecule has 2 atom stereocenters. The van der Waals surface area contributed by atoms with Gasteiger partial charge in [0, 0.05) is 36.3 Å². The van der Waals surface area contributed by atoms with Crippen LogP contribution in [0.25, 0.3) is 0 Å². The Hall–Kier alpha value is -2.04. The van der Waals surface area contributed by atoms with E-state index in [9.17, 15) is 0 Å². The van der Waals surface area contributed by atoms with Crippen LogP contribution in [0.3, 0.4) is 0 Å². The predicted octanol–water partition coefficient (Wildman–Crippen LogP) is 2.63. The molecular formula is C22H27N3O. The quantitative estimate of drug-likeness (QED) is 0.921. The third-order valence-electron chi connectivity index (χ3n) is 6.20. The summed E-state index contributed by atoms with van der Waals surface area (Å²) in [6.45, 7) is 5.13. The first-order valence-corrected chi connectivity index (χ1v) is 9.83. The van der Waals surface area contributed by atoms with E-state index in [0.29, 0.717) is 18.0 Å². The van der Waals surface area contributed by atoms with Gasteiger partial charge in [-0.15, -0.1) is 0 Å². The summed E-state index contributed by atoms with van der Waals surface area (Å²) in [6, 6.07) is 18.4. The molecule has 2 N–H and O–H groups in total. The van der Waals surface area contributed by atoms with Crippen LogP contribution >= 0.6 is 0 Å². The van der Waals surface area contributed by atoms with Gasteiger partial charge < -0.3 is 15.4 Å². The van der Waals surface area contributed by atoms with Gasteiger partial charge in [-0.1, -0.05) is 30.3 Å². The van der Waals surface area contributed by atoms with E-state index < -0.39 is 0 Å². The van der Waals surface area contributed by atoms with Gasteiger partial charge in [0.15, 0.2) is 0 Å². The van der Waals surface area contributed by atoms with Crippen molar-refractivity contribution < 1.29 is 4.74 Å². The number of ether oxygens (including phenoxy) is 1. The van der Waals surface area contributed by atoms with E-state index >= 15 is 0 Å². The summed E-state index contributed by atoms with van der Waals surface area (Å²) in [5.74, 6) is 1.55. The van der Waals surface area contributed by atoms with Crippen LogP contribution in [-0.2, 0) is 6.42 Å². The summed E-state index contributed by atoms with van der Waals surface area (Å²) in [5.41, 5.74) is 10.1. The minimum absolute atomic E-state index is 0.316. The lowest BCUT2D eigenvalue weighted by Gasteiger charge is -2.45. The highest BCUT2D eigenvalue weighted by atomic mass is 16.5. The number of fused-ring (bicyclic) bond motifs is 1. The maximum absolute atomic E-state index is 6.18. The lowest BCUT2D eigenvalue weighted by atomic mass is 9.82. The fourth-order valence-electron chi connectivity index (χ4n) is 4.52. The van der Waals surface area contributed by atoms with Crippen LogP contribution in [0.2, 0.25) is 0 Å². The van der Waals surface area contributed by atoms with Crippen molar-refractivity contribution in [3.05, 3.63) is 59.7 Å². The molecule has 0 radical (unpaired) electrons. The molecule has 2 aromatic rings. The standard InChI is InChI=1S/C22H27N3O/c23-17-13-25(14-17)18-7-8-22-20(12-18)19(11-16-5-2-1-3-6-16)21(15-26-22)24-9-4-10-24/h1-3,5-8,12,17,19,21H,4,9-11,13-15,23H2/t19-,21+/m1/s1. The fraction of sp³-hybridized carbons (Fsp3) is 0.455. The predicted molar refractivity (Wildman–Crippen MR) is 105 cm³/mol. The molecule has 3 aliphatic rings. The van der Waals surface area contributed by atoms with Crippen molar-refractivity contribution in [3.8, 4) is 5.75 Å². The van der Waals surface area contributed by atoms with Gasteiger partial charge in [0.1, 0.15) is 12.4 Å². The zero-order valence-corrected chi connectivity index (χ0v) is 15.2. The summed E-state index contributed by atoms with van der Waals surface area (Å²) in [4.78, 5) is 4.97. The molecule has 0 unspecified atom stereocenters. The third-order valence-corrected chi connectivity index (χ3v) is 6.20. The lowest BCUT2D eigenvalue weighted by molar-refractivity contribution is 0.0502. The van der Waals surface area contributed by atoms with E-state index in [4.69, 9.17) is 10.5 Å². The van der Waals surface area contributed by atoms with Crippen LogP contribution in [0, 0.1) is 0 Å². The number of anilines is 1. The largest absolute Gasteiger partial charge is 0.492 e. The Morgan fingerprint density at radius 3 is 2.54 bits per heavy atom. The first-order chi connectivity index (χ1) is 12.8. The zero-order chi connectivity index (χ0) is 17.5. The molecule has 3 aliphatic heterocycles. The highest BCUT2D eigenvalue weighted by Gasteiger charge is 2.37. The topological polar surface area (TPSA) is 41.7 Å². The number of hydrogen-bond donors (Lipinski definition) is 1. The monoisotopic (exact) mass is 349 g/mol. The van der Waals surface area contributed by atoms with Crippen molar-refractivity contribution in [2.75, 3.05) is 37.7 Å². The molecule has 136 valence electrons. The minimum Gasteiger partial charge on any atom is -0.492 e. The second-order valence-corrected chi connectivity index (χ2v) is 7.95. The molecule has 0 spiro atoms. The van der Waals surface area contributed by atoms with Gasteiger partial charge in [-0.05, 0) is 49.7 Å². The zero-order valence-electron chi connectivity index (χ0n) is 15.2. The van der Waals surface area contributed by atoms with Crippen LogP contribution in [0.15, 0.2) is 48.5 Å². The summed E-state index contributed by atoms with van der Waals surface area (Å²) in [7, 11) is 0. The molecule has 4 nitrogen and oxygen atoms in total. The summed E-state index contributed by atoms with van der Waals surface area (Å²) in [5, 5.41) is 0. The summed E-state index contributed by atoms with van der Waals surface area (Å²) < 4.78 is 6.18. The molecule has 26 heavy (non-hydrogen) atoms. The number of rotatable bonds is 4. The number of nitrogens with two attached hydrogens (primary N) is 1. The molecule has 2 fully saturated rings. The highest BCUT2D eigenvalue weighted by molar-refractivity contribution is 5.57. The highest BCUT2D eigenvalue weighted by Crippen LogP contribution is 2.41. The number of benzene rings is 2. The Kier molecular flexibility index (Phi) is 4.10. The SMILES string of the molecule is NC1CN(c2ccc3c(c2)[C@@H](Cc2ccccc2)[C@@H](N2CCC2)CO3)C1. The Balaban J connectivity index is 1.48. The molecule has 2 aromatic carbocycles. The molecule has 5 rings (SSSR count). The van der Waals surface area contributed by atoms with Gasteiger partial charge in [-0.2, -0.15) is 0 Å². The van der Waals surface area contributed by atoms with E-state index in [-0.39, 0.29) is 0 Å². The number of likely N-dealkylation sites (tertiary alicyclic amines) is 1. The molecule has 2 saturated heterocycles. The third kappa shape index (κ3) is 2.87. The summed E-state index contributed by atoms with van der Waals surface area (Å²) in [6.07, 6.45) is 2.38. The average molecular weight is 349 g/mol. The van der Waals surface area contributed by atoms with Crippen molar-refractivity contribution in [1.29, 1.82) is 0 Å². The lowest BCUT2D eigenvalue weighted by Crippen LogP contribution is -2.56. The first kappa shape index (κ1) is 16.2. The van der Waals surface area contributed by atoms with E-state index in [1.807, 2.05) is 0 Å². The Labute approximate surface area is 155 Å². The van der Waals surface area contributed by atoms with Crippen LogP contribution < -0.4 is 15.4 Å². The van der Waals surface area contributed by atoms with Crippen molar-refractivity contribution in [2.45, 2.75) is 30.8 Å². The van der Waals surface area contributed by atoms with E-state index in [1.54, 1.807) is 0 Å². The van der Waals surface area contributed by atoms with E-state index in [1.165, 1.54) is 36.3 Å². The van der Waals surface area contributed by atoms with Gasteiger partial charge in [0.05, 0.1) is 6.04 Å². The Morgan fingerprint density at radius 1 is 1.04 bits per heavy atom. The minimum atomic E-state index is 0.316. The van der Waals surface area contributed by atoms with Crippen molar-refractivity contribution in [3.63, 3.8) is 0 Å². The Bertz CT molecular complexity index is 768. The van der Waals surface area contributed by atoms with E-state index in [0.717, 1.165) is 31.9 Å². The smallest absolute Gasteiger partial charge is 0.123 e. The molecule has 0 aliphatic carbocycles. The van der Waals surface area contributed by atoms with Gasteiger partial charge in [0.25, 0.3) is 0 Å². The van der Waals surface area contributed by atoms with Gasteiger partial charge in [-0.25, -0.2) is 0 Å². The van der Waals surface area contributed by atoms with Crippen molar-refractivity contribution >= 4 is 5.69 Å². The molecule has 0 aromatic heterocycles. The molecule has 0 saturated carbocycles. The normalized spacial score (nSPS) is 25.8. The fourth-order valence-corrected chi connectivity index (χ4v) is 4.52. The molecule has 4 heteroatoms. The molecule has 0 bridgehead atoms. The second-order valence-electron chi connectivity index (χ2n) is 7.95. The Morgan fingerprint density at radius 2 is 1.85 bits per heavy atom. The van der Waals surface area contributed by atoms with Crippen LogP contribution in [0.1, 0.15) is 23.5 Å². The van der Waals surface area contributed by atoms with Crippen molar-refractivity contribution in [1.82, 2.24) is 4.90 Å². The van der Waals surface area contributed by atoms with Gasteiger partial charge in [0.2, 0.25) is 0 Å². The van der Waals surface area contributed by atoms with Crippen LogP contribution in [-0.4, -0.2) is 49.8 Å². The van der Waals surface area contributed by atoms with Gasteiger partial charge >= 0.3 is 0 Å². The second kappa shape index (κ2) is 6.60.